The number of aryl methyl sites for hydroxylation is 2. The van der Waals surface area contributed by atoms with Crippen LogP contribution in [-0.2, 0) is 4.74 Å². The zero-order valence-electron chi connectivity index (χ0n) is 15.3. The number of hydrogen-bond acceptors (Lipinski definition) is 6. The molecule has 0 bridgehead atoms. The third kappa shape index (κ3) is 5.24. The van der Waals surface area contributed by atoms with Gasteiger partial charge in [-0.1, -0.05) is 6.07 Å². The van der Waals surface area contributed by atoms with E-state index in [9.17, 15) is 4.79 Å². The third-order valence-electron chi connectivity index (χ3n) is 4.18. The minimum absolute atomic E-state index is 0.191. The van der Waals surface area contributed by atoms with E-state index in [0.29, 0.717) is 18.2 Å². The zero-order valence-corrected chi connectivity index (χ0v) is 15.3. The summed E-state index contributed by atoms with van der Waals surface area (Å²) < 4.78 is 5.32. The van der Waals surface area contributed by atoms with Crippen LogP contribution in [0, 0.1) is 13.8 Å². The van der Waals surface area contributed by atoms with Gasteiger partial charge in [0.1, 0.15) is 5.69 Å². The average Bonchev–Trinajstić information content (AvgIpc) is 2.62. The van der Waals surface area contributed by atoms with Crippen LogP contribution in [-0.4, -0.2) is 60.2 Å². The van der Waals surface area contributed by atoms with Crippen molar-refractivity contribution in [2.75, 3.05) is 44.7 Å². The van der Waals surface area contributed by atoms with Crippen molar-refractivity contribution in [1.29, 1.82) is 0 Å². The molecule has 1 aromatic heterocycles. The van der Waals surface area contributed by atoms with Gasteiger partial charge in [-0.2, -0.15) is 0 Å². The number of rotatable bonds is 6. The third-order valence-corrected chi connectivity index (χ3v) is 4.18. The van der Waals surface area contributed by atoms with E-state index in [4.69, 9.17) is 4.74 Å². The molecule has 1 fully saturated rings. The maximum atomic E-state index is 12.3. The number of benzene rings is 1. The predicted octanol–water partition coefficient (Wildman–Crippen LogP) is 1.90. The molecule has 138 valence electrons. The second-order valence-electron chi connectivity index (χ2n) is 6.48. The van der Waals surface area contributed by atoms with Gasteiger partial charge in [0.15, 0.2) is 0 Å². The molecule has 0 atom stereocenters. The highest BCUT2D eigenvalue weighted by Gasteiger charge is 2.12. The lowest BCUT2D eigenvalue weighted by Crippen LogP contribution is -2.41. The zero-order chi connectivity index (χ0) is 18.4. The second kappa shape index (κ2) is 8.73. The molecule has 2 heterocycles. The van der Waals surface area contributed by atoms with E-state index >= 15 is 0 Å². The first-order valence-electron chi connectivity index (χ1n) is 8.87. The minimum atomic E-state index is -0.191. The van der Waals surface area contributed by atoms with E-state index in [-0.39, 0.29) is 5.91 Å². The lowest BCUT2D eigenvalue weighted by Gasteiger charge is -2.26. The number of anilines is 2. The number of hydrogen-bond donors (Lipinski definition) is 2. The Labute approximate surface area is 153 Å². The molecule has 0 saturated carbocycles. The van der Waals surface area contributed by atoms with E-state index in [1.165, 1.54) is 0 Å². The summed E-state index contributed by atoms with van der Waals surface area (Å²) in [6.45, 7) is 8.81. The van der Waals surface area contributed by atoms with Crippen LogP contribution in [0.25, 0.3) is 0 Å². The molecule has 1 amide bonds. The van der Waals surface area contributed by atoms with Crippen molar-refractivity contribution in [2.45, 2.75) is 13.8 Å². The largest absolute Gasteiger partial charge is 0.379 e. The molecule has 1 aliphatic rings. The van der Waals surface area contributed by atoms with Gasteiger partial charge >= 0.3 is 0 Å². The summed E-state index contributed by atoms with van der Waals surface area (Å²) in [5.74, 6) is 0.222. The number of nitrogens with one attached hydrogen (secondary N) is 2. The number of amides is 1. The Morgan fingerprint density at radius 1 is 1.19 bits per heavy atom. The van der Waals surface area contributed by atoms with Gasteiger partial charge in [0.2, 0.25) is 5.95 Å². The summed E-state index contributed by atoms with van der Waals surface area (Å²) in [7, 11) is 0. The number of morpholine rings is 1. The van der Waals surface area contributed by atoms with Crippen LogP contribution in [0.1, 0.15) is 21.6 Å². The van der Waals surface area contributed by atoms with Crippen molar-refractivity contribution >= 4 is 17.5 Å². The van der Waals surface area contributed by atoms with Crippen LogP contribution in [0.4, 0.5) is 11.6 Å². The number of nitrogens with zero attached hydrogens (tertiary/aromatic N) is 3. The highest BCUT2D eigenvalue weighted by Crippen LogP contribution is 2.17. The van der Waals surface area contributed by atoms with Crippen LogP contribution >= 0.6 is 0 Å². The van der Waals surface area contributed by atoms with Crippen molar-refractivity contribution in [1.82, 2.24) is 20.2 Å². The van der Waals surface area contributed by atoms with Crippen LogP contribution < -0.4 is 10.6 Å². The molecule has 2 aromatic rings. The molecule has 0 aliphatic carbocycles. The van der Waals surface area contributed by atoms with E-state index in [0.717, 1.165) is 49.7 Å². The smallest absolute Gasteiger partial charge is 0.270 e. The summed E-state index contributed by atoms with van der Waals surface area (Å²) in [5.41, 5.74) is 3.58. The monoisotopic (exact) mass is 355 g/mol. The molecule has 7 heteroatoms. The van der Waals surface area contributed by atoms with Gasteiger partial charge in [0, 0.05) is 38.1 Å². The fraction of sp³-hybridized carbons (Fsp3) is 0.421. The highest BCUT2D eigenvalue weighted by atomic mass is 16.5. The number of carbonyl (C=O) groups is 1. The summed E-state index contributed by atoms with van der Waals surface area (Å²) in [6.07, 6.45) is 1.59. The Bertz CT molecular complexity index is 739. The van der Waals surface area contributed by atoms with Crippen molar-refractivity contribution in [3.8, 4) is 0 Å². The first kappa shape index (κ1) is 18.3. The van der Waals surface area contributed by atoms with Gasteiger partial charge in [-0.05, 0) is 43.2 Å². The fourth-order valence-electron chi connectivity index (χ4n) is 2.96. The molecule has 0 spiro atoms. The average molecular weight is 355 g/mol. The highest BCUT2D eigenvalue weighted by molar-refractivity contribution is 5.92. The SMILES string of the molecule is Cc1cc(C)cc(Nc2nccc(C(=O)NCCN3CCOCC3)n2)c1. The summed E-state index contributed by atoms with van der Waals surface area (Å²) >= 11 is 0. The standard InChI is InChI=1S/C19H25N5O2/c1-14-11-15(2)13-16(12-14)22-19-21-4-3-17(23-19)18(25)20-5-6-24-7-9-26-10-8-24/h3-4,11-13H,5-10H2,1-2H3,(H,20,25)(H,21,22,23). The maximum Gasteiger partial charge on any atom is 0.270 e. The topological polar surface area (TPSA) is 79.4 Å². The predicted molar refractivity (Wildman–Crippen MR) is 101 cm³/mol. The molecule has 0 radical (unpaired) electrons. The first-order chi connectivity index (χ1) is 12.6. The van der Waals surface area contributed by atoms with Crippen LogP contribution in [0.5, 0.6) is 0 Å². The molecule has 26 heavy (non-hydrogen) atoms. The van der Waals surface area contributed by atoms with Crippen molar-refractivity contribution < 1.29 is 9.53 Å². The Balaban J connectivity index is 1.56. The molecule has 1 aliphatic heterocycles. The Morgan fingerprint density at radius 3 is 2.65 bits per heavy atom. The normalized spacial score (nSPS) is 14.8. The van der Waals surface area contributed by atoms with E-state index < -0.39 is 0 Å². The molecule has 1 saturated heterocycles. The summed E-state index contributed by atoms with van der Waals surface area (Å²) in [4.78, 5) is 23.1. The van der Waals surface area contributed by atoms with Gasteiger partial charge in [-0.25, -0.2) is 9.97 Å². The van der Waals surface area contributed by atoms with Crippen LogP contribution in [0.3, 0.4) is 0 Å². The maximum absolute atomic E-state index is 12.3. The Hall–Kier alpha value is -2.51. The molecular weight excluding hydrogens is 330 g/mol. The molecule has 2 N–H and O–H groups in total. The van der Waals surface area contributed by atoms with Gasteiger partial charge < -0.3 is 15.4 Å². The van der Waals surface area contributed by atoms with E-state index in [1.807, 2.05) is 26.0 Å². The molecule has 3 rings (SSSR count). The molecule has 1 aromatic carbocycles. The quantitative estimate of drug-likeness (QED) is 0.824. The number of ether oxygens (including phenoxy) is 1. The Morgan fingerprint density at radius 2 is 1.92 bits per heavy atom. The first-order valence-corrected chi connectivity index (χ1v) is 8.87. The summed E-state index contributed by atoms with van der Waals surface area (Å²) in [6, 6.07) is 7.76. The van der Waals surface area contributed by atoms with Gasteiger partial charge in [-0.15, -0.1) is 0 Å². The van der Waals surface area contributed by atoms with E-state index in [2.05, 4.69) is 31.6 Å². The number of aromatic nitrogens is 2. The fourth-order valence-corrected chi connectivity index (χ4v) is 2.96. The molecule has 0 unspecified atom stereocenters. The van der Waals surface area contributed by atoms with Gasteiger partial charge in [0.05, 0.1) is 13.2 Å². The van der Waals surface area contributed by atoms with Crippen molar-refractivity contribution in [2.24, 2.45) is 0 Å². The van der Waals surface area contributed by atoms with Gasteiger partial charge in [0.25, 0.3) is 5.91 Å². The Kier molecular flexibility index (Phi) is 6.14. The molecular formula is C19H25N5O2. The van der Waals surface area contributed by atoms with Crippen molar-refractivity contribution in [3.05, 3.63) is 47.3 Å². The van der Waals surface area contributed by atoms with Gasteiger partial charge in [-0.3, -0.25) is 9.69 Å². The van der Waals surface area contributed by atoms with Crippen LogP contribution in [0.2, 0.25) is 0 Å². The number of carbonyl (C=O) groups excluding carboxylic acids is 1. The minimum Gasteiger partial charge on any atom is -0.379 e. The van der Waals surface area contributed by atoms with Crippen molar-refractivity contribution in [3.63, 3.8) is 0 Å². The lowest BCUT2D eigenvalue weighted by atomic mass is 10.1. The van der Waals surface area contributed by atoms with Crippen LogP contribution in [0.15, 0.2) is 30.5 Å². The second-order valence-corrected chi connectivity index (χ2v) is 6.48. The van der Waals surface area contributed by atoms with E-state index in [1.54, 1.807) is 12.3 Å². The molecule has 7 nitrogen and oxygen atoms in total. The lowest BCUT2D eigenvalue weighted by molar-refractivity contribution is 0.0383. The summed E-state index contributed by atoms with van der Waals surface area (Å²) in [5, 5.41) is 6.08.